The van der Waals surface area contributed by atoms with Crippen molar-refractivity contribution in [3.63, 3.8) is 0 Å². The third-order valence-corrected chi connectivity index (χ3v) is 12.0. The van der Waals surface area contributed by atoms with Gasteiger partial charge in [-0.15, -0.1) is 10.2 Å². The van der Waals surface area contributed by atoms with Gasteiger partial charge in [0.05, 0.1) is 27.8 Å². The Morgan fingerprint density at radius 1 is 0.821 bits per heavy atom. The number of piperazine rings is 1. The Hall–Kier alpha value is -5.59. The van der Waals surface area contributed by atoms with E-state index in [2.05, 4.69) is 35.5 Å². The van der Waals surface area contributed by atoms with Gasteiger partial charge in [0.2, 0.25) is 11.8 Å². The standard InChI is InChI=1S/C40H42ClN9O6/c41-32-22-29(5-1-24(32)23-42)56-28-6-2-25(3-7-28)43-37(52)33-9-11-35(46-45-33)49-19-17-48(18-20-49)26-13-15-47(16-14-26)27-4-8-30-31(21-27)40(55)50(39(30)54)34-10-12-36(51)44-38(34)53/h1,4-5,8-9,11,21-22,25-26,28,34H,2-3,6-7,10,12-20H2,(H,43,52)(H,44,51,53). The van der Waals surface area contributed by atoms with Gasteiger partial charge in [0.25, 0.3) is 17.7 Å². The number of amides is 5. The lowest BCUT2D eigenvalue weighted by Gasteiger charge is -2.43. The van der Waals surface area contributed by atoms with Crippen molar-refractivity contribution < 1.29 is 28.7 Å². The van der Waals surface area contributed by atoms with Crippen LogP contribution in [0.3, 0.4) is 0 Å². The lowest BCUT2D eigenvalue weighted by Crippen LogP contribution is -2.54. The van der Waals surface area contributed by atoms with Crippen LogP contribution in [0.4, 0.5) is 11.5 Å². The molecule has 4 fully saturated rings. The number of ether oxygens (including phenoxy) is 1. The smallest absolute Gasteiger partial charge is 0.272 e. The Labute approximate surface area is 328 Å². The number of fused-ring (bicyclic) bond motifs is 1. The fraction of sp³-hybridized carbons (Fsp3) is 0.450. The average Bonchev–Trinajstić information content (AvgIpc) is 3.46. The van der Waals surface area contributed by atoms with Crippen LogP contribution in [0.1, 0.15) is 88.1 Å². The Morgan fingerprint density at radius 3 is 2.25 bits per heavy atom. The maximum Gasteiger partial charge on any atom is 0.272 e. The van der Waals surface area contributed by atoms with E-state index in [1.165, 1.54) is 0 Å². The minimum absolute atomic E-state index is 0.0139. The topological polar surface area (TPSA) is 181 Å². The van der Waals surface area contributed by atoms with Crippen LogP contribution in [0.2, 0.25) is 5.02 Å². The van der Waals surface area contributed by atoms with E-state index in [-0.39, 0.29) is 42.2 Å². The zero-order chi connectivity index (χ0) is 38.9. The van der Waals surface area contributed by atoms with Crippen LogP contribution in [0, 0.1) is 11.3 Å². The summed E-state index contributed by atoms with van der Waals surface area (Å²) >= 11 is 6.14. The van der Waals surface area contributed by atoms with Crippen LogP contribution >= 0.6 is 11.6 Å². The Balaban J connectivity index is 0.772. The van der Waals surface area contributed by atoms with E-state index < -0.39 is 29.7 Å². The number of nitrogens with one attached hydrogen (secondary N) is 2. The molecular weight excluding hydrogens is 738 g/mol. The molecule has 1 saturated carbocycles. The van der Waals surface area contributed by atoms with Crippen LogP contribution in [-0.4, -0.2) is 113 Å². The van der Waals surface area contributed by atoms with Crippen molar-refractivity contribution in [1.29, 1.82) is 5.26 Å². The number of rotatable bonds is 8. The molecule has 5 amide bonds. The van der Waals surface area contributed by atoms with Crippen molar-refractivity contribution in [2.45, 2.75) is 75.6 Å². The molecule has 8 rings (SSSR count). The molecule has 15 nitrogen and oxygen atoms in total. The van der Waals surface area contributed by atoms with Crippen LogP contribution in [0.25, 0.3) is 0 Å². The molecule has 5 heterocycles. The number of nitrogens with zero attached hydrogens (tertiary/aromatic N) is 7. The molecule has 5 aliphatic rings. The van der Waals surface area contributed by atoms with Crippen molar-refractivity contribution in [3.05, 3.63) is 75.9 Å². The van der Waals surface area contributed by atoms with E-state index in [4.69, 9.17) is 21.6 Å². The van der Waals surface area contributed by atoms with Crippen LogP contribution in [0.5, 0.6) is 5.75 Å². The highest BCUT2D eigenvalue weighted by Crippen LogP contribution is 2.33. The number of nitriles is 1. The summed E-state index contributed by atoms with van der Waals surface area (Å²) in [5, 5.41) is 23.5. The molecule has 1 atom stereocenters. The SMILES string of the molecule is N#Cc1ccc(OC2CCC(NC(=O)c3ccc(N4CCN(C5CCN(c6ccc7c(c6)C(=O)N(C6CCC(=O)NC6=O)C7=O)CC5)CC4)nn3)CC2)cc1Cl. The van der Waals surface area contributed by atoms with Crippen LogP contribution in [-0.2, 0) is 9.59 Å². The van der Waals surface area contributed by atoms with Crippen LogP contribution < -0.4 is 25.2 Å². The number of halogens is 1. The largest absolute Gasteiger partial charge is 0.490 e. The summed E-state index contributed by atoms with van der Waals surface area (Å²) in [7, 11) is 0. The summed E-state index contributed by atoms with van der Waals surface area (Å²) in [4.78, 5) is 71.4. The first-order chi connectivity index (χ1) is 27.1. The Bertz CT molecular complexity index is 2080. The molecule has 16 heteroatoms. The van der Waals surface area contributed by atoms with Crippen molar-refractivity contribution in [2.75, 3.05) is 49.1 Å². The molecule has 0 bridgehead atoms. The van der Waals surface area contributed by atoms with E-state index in [0.717, 1.165) is 94.2 Å². The number of carbonyl (C=O) groups is 5. The van der Waals surface area contributed by atoms with Gasteiger partial charge in [-0.05, 0) is 87.4 Å². The maximum atomic E-state index is 13.3. The number of imide groups is 2. The van der Waals surface area contributed by atoms with Gasteiger partial charge < -0.3 is 19.9 Å². The number of hydrogen-bond donors (Lipinski definition) is 2. The molecule has 0 radical (unpaired) electrons. The zero-order valence-corrected chi connectivity index (χ0v) is 31.5. The summed E-state index contributed by atoms with van der Waals surface area (Å²) in [6.07, 6.45) is 5.26. The Morgan fingerprint density at radius 2 is 1.57 bits per heavy atom. The molecule has 1 unspecified atom stereocenters. The normalized spacial score (nSPS) is 23.4. The minimum atomic E-state index is -0.981. The molecule has 56 heavy (non-hydrogen) atoms. The van der Waals surface area contributed by atoms with Gasteiger partial charge in [-0.25, -0.2) is 0 Å². The molecule has 3 saturated heterocycles. The molecule has 2 N–H and O–H groups in total. The van der Waals surface area contributed by atoms with Gasteiger partial charge in [-0.3, -0.25) is 39.1 Å². The first-order valence-corrected chi connectivity index (χ1v) is 19.6. The Kier molecular flexibility index (Phi) is 10.6. The number of benzene rings is 2. The summed E-state index contributed by atoms with van der Waals surface area (Å²) in [6.45, 7) is 4.97. The maximum absolute atomic E-state index is 13.3. The second-order valence-electron chi connectivity index (χ2n) is 15.0. The lowest BCUT2D eigenvalue weighted by molar-refractivity contribution is -0.136. The molecule has 290 valence electrons. The summed E-state index contributed by atoms with van der Waals surface area (Å²) in [6, 6.07) is 15.5. The predicted molar refractivity (Wildman–Crippen MR) is 204 cm³/mol. The van der Waals surface area contributed by atoms with E-state index in [0.29, 0.717) is 27.9 Å². The average molecular weight is 780 g/mol. The second-order valence-corrected chi connectivity index (χ2v) is 15.4. The van der Waals surface area contributed by atoms with Crippen LogP contribution in [0.15, 0.2) is 48.5 Å². The third kappa shape index (κ3) is 7.63. The molecule has 1 aliphatic carbocycles. The quantitative estimate of drug-likeness (QED) is 0.319. The van der Waals surface area contributed by atoms with Crippen molar-refractivity contribution in [3.8, 4) is 11.8 Å². The first-order valence-electron chi connectivity index (χ1n) is 19.3. The fourth-order valence-corrected chi connectivity index (χ4v) is 8.73. The van der Waals surface area contributed by atoms with Crippen molar-refractivity contribution in [2.24, 2.45) is 0 Å². The van der Waals surface area contributed by atoms with Gasteiger partial charge in [0.15, 0.2) is 11.5 Å². The number of hydrogen-bond acceptors (Lipinski definition) is 12. The molecule has 3 aromatic rings. The lowest BCUT2D eigenvalue weighted by atomic mass is 9.93. The van der Waals surface area contributed by atoms with Crippen molar-refractivity contribution >= 4 is 52.6 Å². The van der Waals surface area contributed by atoms with E-state index in [1.807, 2.05) is 18.2 Å². The molecule has 4 aliphatic heterocycles. The number of carbonyl (C=O) groups excluding carboxylic acids is 5. The second kappa shape index (κ2) is 15.9. The number of anilines is 2. The van der Waals surface area contributed by atoms with Gasteiger partial charge in [-0.1, -0.05) is 11.6 Å². The van der Waals surface area contributed by atoms with E-state index in [9.17, 15) is 24.0 Å². The molecule has 0 spiro atoms. The summed E-state index contributed by atoms with van der Waals surface area (Å²) in [5.74, 6) is -0.861. The third-order valence-electron chi connectivity index (χ3n) is 11.7. The zero-order valence-electron chi connectivity index (χ0n) is 30.8. The molecule has 2 aromatic carbocycles. The van der Waals surface area contributed by atoms with Gasteiger partial charge in [-0.2, -0.15) is 5.26 Å². The highest BCUT2D eigenvalue weighted by atomic mass is 35.5. The first kappa shape index (κ1) is 37.3. The molecule has 1 aromatic heterocycles. The van der Waals surface area contributed by atoms with E-state index >= 15 is 0 Å². The van der Waals surface area contributed by atoms with Gasteiger partial charge in [0.1, 0.15) is 17.9 Å². The number of aromatic nitrogens is 2. The predicted octanol–water partition coefficient (Wildman–Crippen LogP) is 3.31. The van der Waals surface area contributed by atoms with Gasteiger partial charge in [0, 0.05) is 69.5 Å². The van der Waals surface area contributed by atoms with Gasteiger partial charge >= 0.3 is 0 Å². The number of piperidine rings is 2. The van der Waals surface area contributed by atoms with E-state index in [1.54, 1.807) is 36.4 Å². The fourth-order valence-electron chi connectivity index (χ4n) is 8.51. The molecular formula is C40H42ClN9O6. The summed E-state index contributed by atoms with van der Waals surface area (Å²) < 4.78 is 6.07. The highest BCUT2D eigenvalue weighted by Gasteiger charge is 2.45. The summed E-state index contributed by atoms with van der Waals surface area (Å²) in [5.41, 5.74) is 2.15. The monoisotopic (exact) mass is 779 g/mol. The highest BCUT2D eigenvalue weighted by molar-refractivity contribution is 6.31. The van der Waals surface area contributed by atoms with Crippen molar-refractivity contribution in [1.82, 2.24) is 30.6 Å². The minimum Gasteiger partial charge on any atom is -0.490 e.